The van der Waals surface area contributed by atoms with E-state index in [1.807, 2.05) is 0 Å². The van der Waals surface area contributed by atoms with Crippen LogP contribution < -0.4 is 0 Å². The number of amides is 2. The Hall–Kier alpha value is -3.22. The topological polar surface area (TPSA) is 56.4 Å². The van der Waals surface area contributed by atoms with Crippen molar-refractivity contribution >= 4 is 22.7 Å². The van der Waals surface area contributed by atoms with E-state index in [-0.39, 0.29) is 17.6 Å². The fraction of sp³-hybridized carbons (Fsp3) is 0.200. The van der Waals surface area contributed by atoms with Crippen LogP contribution in [0, 0.1) is 11.6 Å². The number of carbonyl (C=O) groups excluding carboxylic acids is 2. The maximum Gasteiger partial charge on any atom is 0.270 e. The van der Waals surface area contributed by atoms with Gasteiger partial charge < -0.3 is 14.8 Å². The lowest BCUT2D eigenvalue weighted by Gasteiger charge is -2.34. The maximum absolute atomic E-state index is 13.3. The van der Waals surface area contributed by atoms with Crippen LogP contribution in [-0.4, -0.2) is 52.8 Å². The first-order valence-corrected chi connectivity index (χ1v) is 8.64. The maximum atomic E-state index is 13.3. The van der Waals surface area contributed by atoms with Crippen LogP contribution in [0.5, 0.6) is 0 Å². The van der Waals surface area contributed by atoms with E-state index in [0.29, 0.717) is 48.3 Å². The number of rotatable bonds is 2. The second kappa shape index (κ2) is 6.83. The van der Waals surface area contributed by atoms with Crippen molar-refractivity contribution in [2.45, 2.75) is 0 Å². The van der Waals surface area contributed by atoms with Crippen molar-refractivity contribution in [3.63, 3.8) is 0 Å². The van der Waals surface area contributed by atoms with Crippen LogP contribution >= 0.6 is 0 Å². The van der Waals surface area contributed by atoms with E-state index in [1.165, 1.54) is 30.3 Å². The summed E-state index contributed by atoms with van der Waals surface area (Å²) in [6.45, 7) is 1.50. The third-order valence-electron chi connectivity index (χ3n) is 4.74. The molecule has 1 aromatic heterocycles. The van der Waals surface area contributed by atoms with Gasteiger partial charge in [0.25, 0.3) is 11.8 Å². The molecule has 0 unspecified atom stereocenters. The van der Waals surface area contributed by atoms with Gasteiger partial charge in [-0.25, -0.2) is 8.78 Å². The number of fused-ring (bicyclic) bond motifs is 1. The summed E-state index contributed by atoms with van der Waals surface area (Å²) in [6, 6.07) is 11.5. The summed E-state index contributed by atoms with van der Waals surface area (Å²) in [5.74, 6) is -1.25. The van der Waals surface area contributed by atoms with E-state index in [4.69, 9.17) is 0 Å². The van der Waals surface area contributed by atoms with Crippen LogP contribution in [0.2, 0.25) is 0 Å². The van der Waals surface area contributed by atoms with Gasteiger partial charge in [-0.2, -0.15) is 0 Å². The van der Waals surface area contributed by atoms with Gasteiger partial charge in [0.05, 0.1) is 0 Å². The second-order valence-electron chi connectivity index (χ2n) is 6.51. The van der Waals surface area contributed by atoms with Gasteiger partial charge in [0, 0.05) is 42.6 Å². The lowest BCUT2D eigenvalue weighted by atomic mass is 10.1. The molecule has 7 heteroatoms. The molecule has 1 saturated heterocycles. The average molecular weight is 369 g/mol. The minimum atomic E-state index is -0.454. The molecule has 1 aliphatic rings. The highest BCUT2D eigenvalue weighted by Crippen LogP contribution is 2.19. The summed E-state index contributed by atoms with van der Waals surface area (Å²) in [5, 5.41) is 0.637. The number of piperazine rings is 1. The first kappa shape index (κ1) is 17.2. The smallest absolute Gasteiger partial charge is 0.270 e. The predicted octanol–water partition coefficient (Wildman–Crippen LogP) is 3.04. The molecule has 2 aromatic carbocycles. The van der Waals surface area contributed by atoms with E-state index >= 15 is 0 Å². The third kappa shape index (κ3) is 3.40. The van der Waals surface area contributed by atoms with Crippen molar-refractivity contribution in [1.29, 1.82) is 0 Å². The van der Waals surface area contributed by atoms with Crippen molar-refractivity contribution in [1.82, 2.24) is 14.8 Å². The van der Waals surface area contributed by atoms with Crippen molar-refractivity contribution < 1.29 is 18.4 Å². The Morgan fingerprint density at radius 2 is 1.48 bits per heavy atom. The lowest BCUT2D eigenvalue weighted by molar-refractivity contribution is 0.0532. The SMILES string of the molecule is O=C(c1cccc(F)c1)N1CCN(C(=O)c2cc3cc(F)ccc3[nH]2)CC1. The number of nitrogens with one attached hydrogen (secondary N) is 1. The van der Waals surface area contributed by atoms with Gasteiger partial charge in [-0.1, -0.05) is 6.07 Å². The quantitative estimate of drug-likeness (QED) is 0.755. The normalized spacial score (nSPS) is 14.6. The molecule has 0 spiro atoms. The molecule has 1 N–H and O–H groups in total. The number of hydrogen-bond acceptors (Lipinski definition) is 2. The molecular weight excluding hydrogens is 352 g/mol. The van der Waals surface area contributed by atoms with Crippen LogP contribution in [0.25, 0.3) is 10.9 Å². The summed E-state index contributed by atoms with van der Waals surface area (Å²) in [7, 11) is 0. The molecule has 0 atom stereocenters. The van der Waals surface area contributed by atoms with E-state index in [9.17, 15) is 18.4 Å². The first-order valence-electron chi connectivity index (χ1n) is 8.64. The Morgan fingerprint density at radius 3 is 2.19 bits per heavy atom. The van der Waals surface area contributed by atoms with Gasteiger partial charge in [-0.3, -0.25) is 9.59 Å². The summed E-state index contributed by atoms with van der Waals surface area (Å²) >= 11 is 0. The van der Waals surface area contributed by atoms with Gasteiger partial charge in [0.1, 0.15) is 17.3 Å². The molecule has 138 valence electrons. The van der Waals surface area contributed by atoms with Crippen LogP contribution in [0.1, 0.15) is 20.8 Å². The van der Waals surface area contributed by atoms with Crippen molar-refractivity contribution in [2.75, 3.05) is 26.2 Å². The molecule has 0 aliphatic carbocycles. The number of aromatic nitrogens is 1. The first-order chi connectivity index (χ1) is 13.0. The van der Waals surface area contributed by atoms with Crippen molar-refractivity contribution in [2.24, 2.45) is 0 Å². The summed E-state index contributed by atoms with van der Waals surface area (Å²) in [4.78, 5) is 31.4. The Balaban J connectivity index is 1.43. The molecule has 2 amide bonds. The molecule has 0 bridgehead atoms. The van der Waals surface area contributed by atoms with Crippen LogP contribution in [-0.2, 0) is 0 Å². The van der Waals surface area contributed by atoms with E-state index in [1.54, 1.807) is 28.0 Å². The van der Waals surface area contributed by atoms with Crippen LogP contribution in [0.15, 0.2) is 48.5 Å². The molecule has 0 radical (unpaired) electrons. The molecule has 4 rings (SSSR count). The number of nitrogens with zero attached hydrogens (tertiary/aromatic N) is 2. The summed E-state index contributed by atoms with van der Waals surface area (Å²) in [5.41, 5.74) is 1.38. The minimum Gasteiger partial charge on any atom is -0.351 e. The van der Waals surface area contributed by atoms with Gasteiger partial charge in [-0.05, 0) is 42.5 Å². The van der Waals surface area contributed by atoms with Gasteiger partial charge in [-0.15, -0.1) is 0 Å². The zero-order valence-electron chi connectivity index (χ0n) is 14.4. The predicted molar refractivity (Wildman–Crippen MR) is 96.5 cm³/mol. The molecule has 1 fully saturated rings. The molecule has 5 nitrogen and oxygen atoms in total. The number of carbonyl (C=O) groups is 2. The largest absolute Gasteiger partial charge is 0.351 e. The van der Waals surface area contributed by atoms with Gasteiger partial charge in [0.2, 0.25) is 0 Å². The number of halogens is 2. The van der Waals surface area contributed by atoms with E-state index < -0.39 is 5.82 Å². The fourth-order valence-electron chi connectivity index (χ4n) is 3.31. The summed E-state index contributed by atoms with van der Waals surface area (Å²) < 4.78 is 26.6. The monoisotopic (exact) mass is 369 g/mol. The second-order valence-corrected chi connectivity index (χ2v) is 6.51. The molecular formula is C20H17F2N3O2. The minimum absolute atomic E-state index is 0.190. The fourth-order valence-corrected chi connectivity index (χ4v) is 3.31. The van der Waals surface area contributed by atoms with Crippen molar-refractivity contribution in [3.05, 3.63) is 71.4 Å². The zero-order chi connectivity index (χ0) is 19.0. The Labute approximate surface area is 154 Å². The average Bonchev–Trinajstić information content (AvgIpc) is 3.10. The number of benzene rings is 2. The Bertz CT molecular complexity index is 1020. The van der Waals surface area contributed by atoms with Crippen LogP contribution in [0.3, 0.4) is 0 Å². The highest BCUT2D eigenvalue weighted by atomic mass is 19.1. The Kier molecular flexibility index (Phi) is 4.35. The highest BCUT2D eigenvalue weighted by Gasteiger charge is 2.26. The standard InChI is InChI=1S/C20H17F2N3O2/c21-15-3-1-2-13(10-15)19(26)24-6-8-25(9-7-24)20(27)18-12-14-11-16(22)4-5-17(14)23-18/h1-5,10-12,23H,6-9H2. The Morgan fingerprint density at radius 1 is 0.815 bits per heavy atom. The molecule has 0 saturated carbocycles. The molecule has 1 aliphatic heterocycles. The molecule has 3 aromatic rings. The van der Waals surface area contributed by atoms with E-state index in [0.717, 1.165) is 0 Å². The van der Waals surface area contributed by atoms with Crippen molar-refractivity contribution in [3.8, 4) is 0 Å². The van der Waals surface area contributed by atoms with Crippen LogP contribution in [0.4, 0.5) is 8.78 Å². The van der Waals surface area contributed by atoms with E-state index in [2.05, 4.69) is 4.98 Å². The number of H-pyrrole nitrogens is 1. The van der Waals surface area contributed by atoms with Gasteiger partial charge >= 0.3 is 0 Å². The zero-order valence-corrected chi connectivity index (χ0v) is 14.4. The third-order valence-corrected chi connectivity index (χ3v) is 4.74. The highest BCUT2D eigenvalue weighted by molar-refractivity contribution is 5.98. The summed E-state index contributed by atoms with van der Waals surface area (Å²) in [6.07, 6.45) is 0. The molecule has 2 heterocycles. The number of hydrogen-bond donors (Lipinski definition) is 1. The molecule has 27 heavy (non-hydrogen) atoms. The van der Waals surface area contributed by atoms with Gasteiger partial charge in [0.15, 0.2) is 0 Å². The number of aromatic amines is 1. The lowest BCUT2D eigenvalue weighted by Crippen LogP contribution is -2.50.